The summed E-state index contributed by atoms with van der Waals surface area (Å²) in [4.78, 5) is 37.7. The van der Waals surface area contributed by atoms with Crippen LogP contribution in [0.25, 0.3) is 0 Å². The largest absolute Gasteiger partial charge is 0.474 e. The molecular weight excluding hydrogens is 392 g/mol. The zero-order chi connectivity index (χ0) is 21.3. The Bertz CT molecular complexity index is 979. The van der Waals surface area contributed by atoms with Crippen LogP contribution in [0.5, 0.6) is 5.88 Å². The zero-order valence-corrected chi connectivity index (χ0v) is 15.9. The van der Waals surface area contributed by atoms with Crippen molar-refractivity contribution in [2.75, 3.05) is 5.32 Å². The monoisotopic (exact) mass is 412 g/mol. The molecule has 2 amide bonds. The summed E-state index contributed by atoms with van der Waals surface area (Å²) in [6, 6.07) is 8.74. The fourth-order valence-electron chi connectivity index (χ4n) is 4.11. The molecule has 156 valence electrons. The molecular formula is C20H20N4O6. The standard InChI is InChI=1S/C20H20N4O6/c21-17(25)16-2-1-7-22-18(16)29-14-8-20(9-14)10-15(11-20)30-19(26)23-12-3-5-13(6-4-12)24(27)28/h1-7,14-15H,8-11H2,(H2,21,25)(H,23,26). The number of nitrogens with zero attached hydrogens (tertiary/aromatic N) is 2. The van der Waals surface area contributed by atoms with Gasteiger partial charge in [0.2, 0.25) is 5.88 Å². The third kappa shape index (κ3) is 4.02. The Morgan fingerprint density at radius 1 is 1.13 bits per heavy atom. The smallest absolute Gasteiger partial charge is 0.411 e. The number of nitro benzene ring substituents is 1. The summed E-state index contributed by atoms with van der Waals surface area (Å²) in [6.07, 6.45) is 3.81. The predicted octanol–water partition coefficient (Wildman–Crippen LogP) is 3.03. The van der Waals surface area contributed by atoms with Gasteiger partial charge in [-0.3, -0.25) is 20.2 Å². The summed E-state index contributed by atoms with van der Waals surface area (Å²) in [6.45, 7) is 0. The van der Waals surface area contributed by atoms with Crippen molar-refractivity contribution in [2.45, 2.75) is 37.9 Å². The number of hydrogen-bond donors (Lipinski definition) is 2. The molecule has 2 fully saturated rings. The number of primary amides is 1. The number of nitro groups is 1. The molecule has 2 saturated carbocycles. The quantitative estimate of drug-likeness (QED) is 0.547. The fourth-order valence-corrected chi connectivity index (χ4v) is 4.11. The van der Waals surface area contributed by atoms with E-state index in [9.17, 15) is 19.7 Å². The van der Waals surface area contributed by atoms with Gasteiger partial charge in [0.05, 0.1) is 4.92 Å². The topological polar surface area (TPSA) is 147 Å². The van der Waals surface area contributed by atoms with Crippen molar-refractivity contribution >= 4 is 23.4 Å². The molecule has 2 aliphatic rings. The van der Waals surface area contributed by atoms with Crippen molar-refractivity contribution in [3.05, 3.63) is 58.3 Å². The summed E-state index contributed by atoms with van der Waals surface area (Å²) >= 11 is 0. The fraction of sp³-hybridized carbons (Fsp3) is 0.350. The maximum atomic E-state index is 12.0. The van der Waals surface area contributed by atoms with Gasteiger partial charge in [-0.1, -0.05) is 0 Å². The number of aromatic nitrogens is 1. The van der Waals surface area contributed by atoms with Gasteiger partial charge in [0.15, 0.2) is 0 Å². The van der Waals surface area contributed by atoms with E-state index in [0.29, 0.717) is 5.69 Å². The van der Waals surface area contributed by atoms with E-state index in [1.54, 1.807) is 18.3 Å². The Kier molecular flexibility index (Phi) is 4.98. The van der Waals surface area contributed by atoms with Crippen LogP contribution in [0.15, 0.2) is 42.6 Å². The van der Waals surface area contributed by atoms with E-state index in [4.69, 9.17) is 15.2 Å². The summed E-state index contributed by atoms with van der Waals surface area (Å²) in [5.74, 6) is -0.331. The first-order chi connectivity index (χ1) is 14.3. The molecule has 10 heteroatoms. The number of amides is 2. The van der Waals surface area contributed by atoms with E-state index in [1.165, 1.54) is 24.3 Å². The molecule has 2 aliphatic carbocycles. The van der Waals surface area contributed by atoms with Gasteiger partial charge in [-0.25, -0.2) is 9.78 Å². The van der Waals surface area contributed by atoms with Crippen LogP contribution in [-0.2, 0) is 4.74 Å². The van der Waals surface area contributed by atoms with Crippen LogP contribution in [0.4, 0.5) is 16.2 Å². The van der Waals surface area contributed by atoms with E-state index in [-0.39, 0.29) is 34.8 Å². The van der Waals surface area contributed by atoms with E-state index >= 15 is 0 Å². The summed E-state index contributed by atoms with van der Waals surface area (Å²) in [7, 11) is 0. The second-order valence-corrected chi connectivity index (χ2v) is 7.73. The Labute approximate surface area is 171 Å². The number of anilines is 1. The molecule has 0 aliphatic heterocycles. The van der Waals surface area contributed by atoms with E-state index < -0.39 is 16.9 Å². The number of nitrogens with two attached hydrogens (primary N) is 1. The van der Waals surface area contributed by atoms with Gasteiger partial charge in [0.1, 0.15) is 17.8 Å². The molecule has 2 aromatic rings. The predicted molar refractivity (Wildman–Crippen MR) is 105 cm³/mol. The van der Waals surface area contributed by atoms with Gasteiger partial charge in [0.25, 0.3) is 11.6 Å². The maximum absolute atomic E-state index is 12.0. The summed E-state index contributed by atoms with van der Waals surface area (Å²) < 4.78 is 11.2. The molecule has 0 unspecified atom stereocenters. The van der Waals surface area contributed by atoms with Crippen LogP contribution in [0, 0.1) is 15.5 Å². The number of ether oxygens (including phenoxy) is 2. The van der Waals surface area contributed by atoms with Gasteiger partial charge in [0, 0.05) is 24.0 Å². The van der Waals surface area contributed by atoms with E-state index in [1.807, 2.05) is 0 Å². The van der Waals surface area contributed by atoms with Crippen molar-refractivity contribution in [2.24, 2.45) is 11.1 Å². The number of nitrogens with one attached hydrogen (secondary N) is 1. The first kappa shape index (κ1) is 19.6. The van der Waals surface area contributed by atoms with Crippen LogP contribution in [0.2, 0.25) is 0 Å². The Morgan fingerprint density at radius 3 is 2.43 bits per heavy atom. The van der Waals surface area contributed by atoms with Gasteiger partial charge in [-0.05, 0) is 55.4 Å². The highest BCUT2D eigenvalue weighted by atomic mass is 16.6. The lowest BCUT2D eigenvalue weighted by Gasteiger charge is -2.56. The Hall–Kier alpha value is -3.69. The molecule has 1 spiro atoms. The first-order valence-corrected chi connectivity index (χ1v) is 9.47. The molecule has 10 nitrogen and oxygen atoms in total. The highest BCUT2D eigenvalue weighted by Gasteiger charge is 2.55. The lowest BCUT2D eigenvalue weighted by molar-refractivity contribution is -0.384. The highest BCUT2D eigenvalue weighted by Crippen LogP contribution is 2.57. The zero-order valence-electron chi connectivity index (χ0n) is 15.9. The van der Waals surface area contributed by atoms with Gasteiger partial charge in [-0.15, -0.1) is 0 Å². The third-order valence-electron chi connectivity index (χ3n) is 5.56. The first-order valence-electron chi connectivity index (χ1n) is 9.47. The molecule has 0 atom stereocenters. The van der Waals surface area contributed by atoms with Crippen LogP contribution in [0.1, 0.15) is 36.0 Å². The van der Waals surface area contributed by atoms with Crippen LogP contribution in [-0.4, -0.2) is 34.1 Å². The third-order valence-corrected chi connectivity index (χ3v) is 5.56. The van der Waals surface area contributed by atoms with Crippen molar-refractivity contribution in [3.63, 3.8) is 0 Å². The summed E-state index contributed by atoms with van der Waals surface area (Å²) in [5, 5.41) is 13.2. The van der Waals surface area contributed by atoms with Crippen molar-refractivity contribution in [1.82, 2.24) is 4.98 Å². The lowest BCUT2D eigenvalue weighted by Crippen LogP contribution is -2.55. The van der Waals surface area contributed by atoms with Gasteiger partial charge >= 0.3 is 6.09 Å². The van der Waals surface area contributed by atoms with E-state index in [2.05, 4.69) is 10.3 Å². The average Bonchev–Trinajstić information content (AvgIpc) is 2.65. The van der Waals surface area contributed by atoms with Crippen LogP contribution < -0.4 is 15.8 Å². The number of hydrogen-bond acceptors (Lipinski definition) is 7. The molecule has 3 N–H and O–H groups in total. The number of rotatable bonds is 6. The van der Waals surface area contributed by atoms with Gasteiger partial charge < -0.3 is 15.2 Å². The molecule has 0 saturated heterocycles. The molecule has 1 aromatic carbocycles. The molecule has 0 radical (unpaired) electrons. The van der Waals surface area contributed by atoms with Crippen molar-refractivity contribution < 1.29 is 24.0 Å². The minimum Gasteiger partial charge on any atom is -0.474 e. The normalized spacial score (nSPS) is 24.3. The second kappa shape index (κ2) is 7.62. The number of benzene rings is 1. The minimum atomic E-state index is -0.588. The SMILES string of the molecule is NC(=O)c1cccnc1OC1CC2(CC(OC(=O)Nc3ccc([N+](=O)[O-])cc3)C2)C1. The van der Waals surface area contributed by atoms with Crippen LogP contribution in [0.3, 0.4) is 0 Å². The molecule has 4 rings (SSSR count). The number of carbonyl (C=O) groups excluding carboxylic acids is 2. The maximum Gasteiger partial charge on any atom is 0.411 e. The van der Waals surface area contributed by atoms with E-state index in [0.717, 1.165) is 25.7 Å². The second-order valence-electron chi connectivity index (χ2n) is 7.73. The summed E-state index contributed by atoms with van der Waals surface area (Å²) in [5.41, 5.74) is 6.06. The number of non-ortho nitro benzene ring substituents is 1. The van der Waals surface area contributed by atoms with Crippen LogP contribution >= 0.6 is 0 Å². The molecule has 0 bridgehead atoms. The molecule has 30 heavy (non-hydrogen) atoms. The number of pyridine rings is 1. The molecule has 1 aromatic heterocycles. The Balaban J connectivity index is 1.21. The highest BCUT2D eigenvalue weighted by molar-refractivity contribution is 5.94. The average molecular weight is 412 g/mol. The minimum absolute atomic E-state index is 0.0483. The molecule has 1 heterocycles. The Morgan fingerprint density at radius 2 is 1.80 bits per heavy atom. The van der Waals surface area contributed by atoms with Gasteiger partial charge in [-0.2, -0.15) is 0 Å². The lowest BCUT2D eigenvalue weighted by atomic mass is 9.53. The number of carbonyl (C=O) groups is 2. The van der Waals surface area contributed by atoms with Crippen molar-refractivity contribution in [1.29, 1.82) is 0 Å². The van der Waals surface area contributed by atoms with Crippen molar-refractivity contribution in [3.8, 4) is 5.88 Å².